The van der Waals surface area contributed by atoms with E-state index in [1.807, 2.05) is 65.0 Å². The maximum absolute atomic E-state index is 13.9. The molecule has 5 aromatic rings. The molecule has 0 saturated carbocycles. The van der Waals surface area contributed by atoms with Crippen LogP contribution < -0.4 is 15.5 Å². The van der Waals surface area contributed by atoms with E-state index < -0.39 is 41.1 Å². The number of thiazole rings is 1. The lowest BCUT2D eigenvalue weighted by molar-refractivity contribution is -0.438. The van der Waals surface area contributed by atoms with Gasteiger partial charge in [-0.25, -0.2) is 18.1 Å². The summed E-state index contributed by atoms with van der Waals surface area (Å²) in [6.45, 7) is 13.5. The number of likely N-dealkylation sites (N-methyl/N-ethyl adjacent to an activating group) is 1. The zero-order valence-corrected chi connectivity index (χ0v) is 55.3. The van der Waals surface area contributed by atoms with E-state index in [-0.39, 0.29) is 89.1 Å². The molecule has 2 aromatic heterocycles. The van der Waals surface area contributed by atoms with E-state index in [4.69, 9.17) is 5.26 Å². The topological polar surface area (TPSA) is 322 Å². The quantitative estimate of drug-likeness (QED) is 0.0186. The molecule has 4 amide bonds. The largest absolute Gasteiger partial charge is 0.356 e. The third kappa shape index (κ3) is 14.6. The Morgan fingerprint density at radius 3 is 2.28 bits per heavy atom. The van der Waals surface area contributed by atoms with Gasteiger partial charge in [0.25, 0.3) is 26.1 Å². The summed E-state index contributed by atoms with van der Waals surface area (Å²) in [6, 6.07) is 15.2. The van der Waals surface area contributed by atoms with Gasteiger partial charge in [0, 0.05) is 129 Å². The number of anilines is 2. The van der Waals surface area contributed by atoms with Gasteiger partial charge in [0.05, 0.1) is 44.0 Å². The highest BCUT2D eigenvalue weighted by Gasteiger charge is 2.45. The third-order valence-corrected chi connectivity index (χ3v) is 22.3. The van der Waals surface area contributed by atoms with Crippen LogP contribution in [-0.4, -0.2) is 173 Å². The zero-order valence-electron chi connectivity index (χ0n) is 52.0. The Hall–Kier alpha value is -7.98. The summed E-state index contributed by atoms with van der Waals surface area (Å²) in [5, 5.41) is 23.8. The number of likely N-dealkylation sites (tertiary alicyclic amines) is 1. The first-order valence-electron chi connectivity index (χ1n) is 30.7. The number of carbonyl (C=O) groups is 4. The Labute approximate surface area is 540 Å². The van der Waals surface area contributed by atoms with Gasteiger partial charge < -0.3 is 30.2 Å². The number of aromatic nitrogens is 4. The van der Waals surface area contributed by atoms with Gasteiger partial charge in [-0.3, -0.25) is 28.3 Å². The highest BCUT2D eigenvalue weighted by molar-refractivity contribution is 7.89. The molecule has 0 aliphatic carbocycles. The van der Waals surface area contributed by atoms with Crippen LogP contribution >= 0.6 is 11.3 Å². The molecule has 1 atom stereocenters. The maximum Gasteiger partial charge on any atom is 0.294 e. The first-order chi connectivity index (χ1) is 43.7. The van der Waals surface area contributed by atoms with Crippen molar-refractivity contribution in [3.63, 3.8) is 0 Å². The van der Waals surface area contributed by atoms with Crippen LogP contribution in [0, 0.1) is 17.4 Å². The van der Waals surface area contributed by atoms with E-state index in [1.165, 1.54) is 56.7 Å². The lowest BCUT2D eigenvalue weighted by Gasteiger charge is -2.34. The minimum atomic E-state index is -4.47. The van der Waals surface area contributed by atoms with Crippen molar-refractivity contribution >= 4 is 87.4 Å². The number of piperazine rings is 1. The highest BCUT2D eigenvalue weighted by Crippen LogP contribution is 2.48. The Bertz CT molecular complexity index is 4230. The standard InChI is InChI=1S/C63H75N13O12S4/c1-6-75-52-23-21-47(91(83,84)85)36-49(52)62(2,3)55(75)18-9-7-10-19-56-63(4,5)50-37-48(92(86,87)88)22-24-53(50)76(56)28-12-8-11-20-57(77)65-27-14-16-45-39-73(69-68-45)41-58(78)71-31-33-74(34-32-71)90(81,82)46-17-13-15-43(35-46)60(80)72-30-26-51-54(40-72)89-61(66-51)67-59(79)44-25-29-70(38-44)42-64/h7,9-10,13,15,17-19,21-24,35-37,39,44H,6,8,11-12,14,16,20,25-34,38,40-41H2,1-5H3,(H3-,65,66,67,77,79,83,84,85,86,87,88)/p+1/t44-/m1/s1. The molecular formula is C63H76N13O12S4+. The first kappa shape index (κ1) is 66.9. The number of hydrogen-bond acceptors (Lipinski definition) is 17. The molecule has 5 aliphatic heterocycles. The average molecular weight is 1340 g/mol. The molecule has 5 aliphatic rings. The summed E-state index contributed by atoms with van der Waals surface area (Å²) < 4.78 is 101. The van der Waals surface area contributed by atoms with Crippen LogP contribution in [0.5, 0.6) is 0 Å². The second kappa shape index (κ2) is 27.3. The van der Waals surface area contributed by atoms with Gasteiger partial charge in [-0.2, -0.15) is 31.0 Å². The smallest absolute Gasteiger partial charge is 0.294 e. The Morgan fingerprint density at radius 1 is 0.826 bits per heavy atom. The molecule has 29 heteroatoms. The maximum atomic E-state index is 13.9. The van der Waals surface area contributed by atoms with Crippen LogP contribution in [0.15, 0.2) is 118 Å². The number of hydrogen-bond donors (Lipinski definition) is 4. The number of nitriles is 1. The Kier molecular flexibility index (Phi) is 19.9. The number of unbranched alkanes of at least 4 members (excludes halogenated alkanes) is 2. The van der Waals surface area contributed by atoms with Gasteiger partial charge in [-0.15, -0.1) is 5.10 Å². The van der Waals surface area contributed by atoms with Crippen LogP contribution in [0.4, 0.5) is 16.5 Å². The van der Waals surface area contributed by atoms with E-state index in [0.29, 0.717) is 88.6 Å². The summed E-state index contributed by atoms with van der Waals surface area (Å²) in [6.07, 6.45) is 18.0. The van der Waals surface area contributed by atoms with Crippen molar-refractivity contribution in [2.45, 2.75) is 125 Å². The molecule has 0 unspecified atom stereocenters. The summed E-state index contributed by atoms with van der Waals surface area (Å²) >= 11 is 1.30. The molecule has 10 rings (SSSR count). The molecule has 4 N–H and O–H groups in total. The monoisotopic (exact) mass is 1330 g/mol. The number of aryl methyl sites for hydroxylation is 1. The molecule has 92 heavy (non-hydrogen) atoms. The Balaban J connectivity index is 0.650. The van der Waals surface area contributed by atoms with Crippen molar-refractivity contribution in [1.82, 2.24) is 44.3 Å². The lowest BCUT2D eigenvalue weighted by Crippen LogP contribution is -2.51. The summed E-state index contributed by atoms with van der Waals surface area (Å²) in [4.78, 5) is 64.9. The number of sulfonamides is 1. The van der Waals surface area contributed by atoms with Crippen molar-refractivity contribution in [2.24, 2.45) is 5.92 Å². The normalized spacial score (nSPS) is 18.6. The fraction of sp³-hybridized carbons (Fsp3) is 0.444. The van der Waals surface area contributed by atoms with Crippen LogP contribution in [0.2, 0.25) is 0 Å². The van der Waals surface area contributed by atoms with Crippen molar-refractivity contribution in [2.75, 3.05) is 75.7 Å². The average Bonchev–Trinajstić information content (AvgIpc) is 1.59. The molecule has 3 aromatic carbocycles. The van der Waals surface area contributed by atoms with E-state index in [9.17, 15) is 53.5 Å². The first-order valence-corrected chi connectivity index (χ1v) is 35.8. The van der Waals surface area contributed by atoms with E-state index in [0.717, 1.165) is 57.3 Å². The molecule has 25 nitrogen and oxygen atoms in total. The van der Waals surface area contributed by atoms with E-state index in [1.54, 1.807) is 45.2 Å². The number of rotatable bonds is 23. The fourth-order valence-corrected chi connectivity index (χ4v) is 16.2. The molecule has 0 bridgehead atoms. The Morgan fingerprint density at radius 2 is 1.57 bits per heavy atom. The molecule has 0 radical (unpaired) electrons. The van der Waals surface area contributed by atoms with Crippen LogP contribution in [0.1, 0.15) is 111 Å². The van der Waals surface area contributed by atoms with Crippen molar-refractivity contribution < 1.29 is 58.1 Å². The molecule has 7 heterocycles. The number of nitrogens with one attached hydrogen (secondary N) is 2. The highest BCUT2D eigenvalue weighted by atomic mass is 32.2. The van der Waals surface area contributed by atoms with Crippen LogP contribution in [0.3, 0.4) is 0 Å². The predicted molar refractivity (Wildman–Crippen MR) is 344 cm³/mol. The summed E-state index contributed by atoms with van der Waals surface area (Å²) in [5.74, 6) is -1.17. The van der Waals surface area contributed by atoms with Gasteiger partial charge in [-0.05, 0) is 113 Å². The number of carbonyl (C=O) groups excluding carboxylic acids is 4. The van der Waals surface area contributed by atoms with Crippen molar-refractivity contribution in [3.05, 3.63) is 136 Å². The number of allylic oxidation sites excluding steroid dienone is 6. The molecule has 2 saturated heterocycles. The second-order valence-corrected chi connectivity index (χ2v) is 30.4. The molecular weight excluding hydrogens is 1260 g/mol. The number of benzene rings is 3. The van der Waals surface area contributed by atoms with Crippen molar-refractivity contribution in [1.29, 1.82) is 5.26 Å². The van der Waals surface area contributed by atoms with Gasteiger partial charge in [0.1, 0.15) is 13.1 Å². The van der Waals surface area contributed by atoms with E-state index in [2.05, 4.69) is 41.6 Å². The van der Waals surface area contributed by atoms with Gasteiger partial charge in [-0.1, -0.05) is 54.7 Å². The predicted octanol–water partition coefficient (Wildman–Crippen LogP) is 6.20. The van der Waals surface area contributed by atoms with Crippen LogP contribution in [-0.2, 0) is 81.4 Å². The zero-order chi connectivity index (χ0) is 65.9. The molecule has 0 spiro atoms. The number of amides is 4. The van der Waals surface area contributed by atoms with Gasteiger partial charge in [0.15, 0.2) is 17.0 Å². The minimum Gasteiger partial charge on any atom is -0.356 e. The van der Waals surface area contributed by atoms with Gasteiger partial charge >= 0.3 is 0 Å². The summed E-state index contributed by atoms with van der Waals surface area (Å²) in [7, 11) is -12.9. The number of nitrogens with zero attached hydrogens (tertiary/aromatic N) is 11. The van der Waals surface area contributed by atoms with Crippen molar-refractivity contribution in [3.8, 4) is 6.19 Å². The SMILES string of the molecule is CCN1/C(=C/C=C/C=C/C2=[N+](CCCCCC(=O)NCCCc3cn(CC(=O)N4CCN(S(=O)(=O)c5cccc(C(=O)N6CCc7nc(NC(=O)[C@@H]8CCN(C#N)C8)sc7C6)c5)CC4)nn3)c3ccc(S(=O)(=O)O)cc3C2(C)C)C(C)(C)c2cc(S(=O)(=O)O)ccc21. The summed E-state index contributed by atoms with van der Waals surface area (Å²) in [5.41, 5.74) is 5.49. The fourth-order valence-electron chi connectivity index (χ4n) is 12.7. The minimum absolute atomic E-state index is 0.0292. The van der Waals surface area contributed by atoms with E-state index >= 15 is 0 Å². The van der Waals surface area contributed by atoms with Crippen LogP contribution in [0.25, 0.3) is 0 Å². The van der Waals surface area contributed by atoms with Gasteiger partial charge in [0.2, 0.25) is 33.4 Å². The molecule has 488 valence electrons. The third-order valence-electron chi connectivity index (χ3n) is 17.7. The molecule has 2 fully saturated rings. The second-order valence-electron chi connectivity index (χ2n) is 24.5. The lowest BCUT2D eigenvalue weighted by atomic mass is 9.81. The number of fused-ring (bicyclic) bond motifs is 3.